The molecule has 3 aromatic carbocycles. The van der Waals surface area contributed by atoms with Gasteiger partial charge in [0, 0.05) is 34.9 Å². The van der Waals surface area contributed by atoms with E-state index in [4.69, 9.17) is 10.7 Å². The summed E-state index contributed by atoms with van der Waals surface area (Å²) in [5.41, 5.74) is 8.27. The highest BCUT2D eigenvalue weighted by Crippen LogP contribution is 2.24. The molecular formula is C28H27N4+. The summed E-state index contributed by atoms with van der Waals surface area (Å²) in [6.45, 7) is 9.02. The van der Waals surface area contributed by atoms with E-state index < -0.39 is 0 Å². The summed E-state index contributed by atoms with van der Waals surface area (Å²) >= 11 is 0. The second-order valence-electron chi connectivity index (χ2n) is 8.57. The maximum Gasteiger partial charge on any atom is 0.156 e. The molecule has 0 saturated heterocycles. The Morgan fingerprint density at radius 3 is 2.03 bits per heavy atom. The number of nitrogens with two attached hydrogens (primary N) is 1. The van der Waals surface area contributed by atoms with E-state index in [1.807, 2.05) is 29.1 Å². The van der Waals surface area contributed by atoms with E-state index in [2.05, 4.69) is 81.1 Å². The van der Waals surface area contributed by atoms with Gasteiger partial charge >= 0.3 is 0 Å². The van der Waals surface area contributed by atoms with Crippen molar-refractivity contribution in [1.29, 1.82) is 0 Å². The number of allylic oxidation sites excluding steroid dienone is 1. The Morgan fingerprint density at radius 2 is 1.50 bits per heavy atom. The molecule has 1 aliphatic heterocycles. The van der Waals surface area contributed by atoms with Crippen LogP contribution in [0.4, 0.5) is 5.69 Å². The van der Waals surface area contributed by atoms with Crippen molar-refractivity contribution in [1.82, 2.24) is 4.57 Å². The Morgan fingerprint density at radius 1 is 0.938 bits per heavy atom. The molecule has 5 rings (SSSR count). The lowest BCUT2D eigenvalue weighted by Gasteiger charge is -2.22. The predicted molar refractivity (Wildman–Crippen MR) is 137 cm³/mol. The van der Waals surface area contributed by atoms with Crippen LogP contribution in [0.25, 0.3) is 40.0 Å². The molecule has 4 aromatic rings. The number of quaternary nitrogens is 1. The molecule has 0 fully saturated rings. The fourth-order valence-corrected chi connectivity index (χ4v) is 4.75. The smallest absolute Gasteiger partial charge is 0.156 e. The van der Waals surface area contributed by atoms with Crippen molar-refractivity contribution >= 4 is 51.5 Å². The van der Waals surface area contributed by atoms with Crippen molar-refractivity contribution in [3.63, 3.8) is 0 Å². The van der Waals surface area contributed by atoms with Crippen LogP contribution in [0, 0.1) is 0 Å². The molecule has 32 heavy (non-hydrogen) atoms. The van der Waals surface area contributed by atoms with Gasteiger partial charge in [-0.05, 0) is 21.5 Å². The van der Waals surface area contributed by atoms with Crippen LogP contribution >= 0.6 is 0 Å². The first-order chi connectivity index (χ1) is 15.5. The zero-order valence-corrected chi connectivity index (χ0v) is 18.3. The van der Waals surface area contributed by atoms with Gasteiger partial charge in [0.1, 0.15) is 18.9 Å². The highest BCUT2D eigenvalue weighted by Gasteiger charge is 2.25. The summed E-state index contributed by atoms with van der Waals surface area (Å²) in [6.07, 6.45) is 12.3. The largest absolute Gasteiger partial charge is 0.382 e. The van der Waals surface area contributed by atoms with E-state index in [0.717, 1.165) is 17.8 Å². The third kappa shape index (κ3) is 3.35. The number of hydrogen-bond donors (Lipinski definition) is 1. The zero-order valence-electron chi connectivity index (χ0n) is 18.3. The Labute approximate surface area is 187 Å². The van der Waals surface area contributed by atoms with Crippen LogP contribution in [0.3, 0.4) is 0 Å². The molecule has 0 bridgehead atoms. The molecule has 0 radical (unpaired) electrons. The maximum atomic E-state index is 6.47. The predicted octanol–water partition coefficient (Wildman–Crippen LogP) is 4.25. The molecule has 0 saturated carbocycles. The van der Waals surface area contributed by atoms with Crippen molar-refractivity contribution in [2.75, 3.05) is 13.6 Å². The number of nitrogens with zero attached hydrogens (tertiary/aromatic N) is 3. The highest BCUT2D eigenvalue weighted by molar-refractivity contribution is 6.08. The van der Waals surface area contributed by atoms with Gasteiger partial charge in [-0.25, -0.2) is 4.99 Å². The third-order valence-corrected chi connectivity index (χ3v) is 6.08. The maximum absolute atomic E-state index is 6.47. The molecule has 0 spiro atoms. The second-order valence-corrected chi connectivity index (χ2v) is 8.57. The minimum absolute atomic E-state index is 0.569. The van der Waals surface area contributed by atoms with Crippen molar-refractivity contribution in [2.24, 2.45) is 10.7 Å². The fourth-order valence-electron chi connectivity index (χ4n) is 4.75. The van der Waals surface area contributed by atoms with E-state index in [-0.39, 0.29) is 0 Å². The summed E-state index contributed by atoms with van der Waals surface area (Å²) in [7, 11) is 2.17. The van der Waals surface area contributed by atoms with Crippen LogP contribution in [0.1, 0.15) is 5.56 Å². The normalized spacial score (nSPS) is 14.7. The van der Waals surface area contributed by atoms with Crippen molar-refractivity contribution in [3.8, 4) is 0 Å². The van der Waals surface area contributed by atoms with Crippen LogP contribution in [-0.4, -0.2) is 28.5 Å². The number of likely N-dealkylation sites (N-methyl/N-ethyl adjacent to an activating group) is 1. The van der Waals surface area contributed by atoms with Gasteiger partial charge in [0.25, 0.3) is 0 Å². The minimum atomic E-state index is 0.569. The first-order valence-electron chi connectivity index (χ1n) is 10.8. The molecule has 0 aliphatic carbocycles. The van der Waals surface area contributed by atoms with Gasteiger partial charge in [0.15, 0.2) is 5.84 Å². The van der Waals surface area contributed by atoms with E-state index in [0.29, 0.717) is 16.9 Å². The quantitative estimate of drug-likeness (QED) is 0.164. The van der Waals surface area contributed by atoms with Crippen LogP contribution in [0.2, 0.25) is 0 Å². The summed E-state index contributed by atoms with van der Waals surface area (Å²) in [6, 6.07) is 17.2. The number of hydrogen-bond acceptors (Lipinski definition) is 1. The van der Waals surface area contributed by atoms with Crippen molar-refractivity contribution in [3.05, 3.63) is 96.2 Å². The molecule has 158 valence electrons. The van der Waals surface area contributed by atoms with Crippen LogP contribution in [0.15, 0.2) is 85.2 Å². The Balaban J connectivity index is 1.60. The molecular weight excluding hydrogens is 392 g/mol. The number of aromatic nitrogens is 1. The summed E-state index contributed by atoms with van der Waals surface area (Å²) in [5.74, 6) is 0.584. The Hall–Kier alpha value is -3.89. The molecule has 0 atom stereocenters. The molecule has 1 aromatic heterocycles. The fraction of sp³-hybridized carbons (Fsp3) is 0.107. The SMILES string of the molecule is C=CCn1cc(C=C)c(N=C(N)C[N+]2(C)C=c3c(c4ccccc4c4ccccc34)=C2)c1. The first-order valence-corrected chi connectivity index (χ1v) is 10.8. The van der Waals surface area contributed by atoms with Gasteiger partial charge < -0.3 is 10.3 Å². The molecule has 2 heterocycles. The minimum Gasteiger partial charge on any atom is -0.382 e. The molecule has 1 aliphatic rings. The number of amidine groups is 1. The standard InChI is InChI=1S/C28H27N4/c1-4-14-31-15-20(5-2)27(16-31)30-28(29)19-32(3)17-25-23-12-8-6-10-21(23)22-11-7-9-13-24(22)26(25)18-32/h4-13,15-18H,1-2,14,19H2,3H3,(H2,29,30)/q+1. The van der Waals surface area contributed by atoms with Gasteiger partial charge in [-0.3, -0.25) is 4.48 Å². The number of fused-ring (bicyclic) bond motifs is 6. The van der Waals surface area contributed by atoms with E-state index in [1.165, 1.54) is 32.0 Å². The van der Waals surface area contributed by atoms with Crippen LogP contribution in [-0.2, 0) is 6.54 Å². The molecule has 4 nitrogen and oxygen atoms in total. The lowest BCUT2D eigenvalue weighted by Crippen LogP contribution is -2.39. The average molecular weight is 420 g/mol. The van der Waals surface area contributed by atoms with E-state index in [9.17, 15) is 0 Å². The lowest BCUT2D eigenvalue weighted by atomic mass is 9.99. The average Bonchev–Trinajstić information content (AvgIpc) is 3.34. The van der Waals surface area contributed by atoms with E-state index in [1.54, 1.807) is 0 Å². The van der Waals surface area contributed by atoms with E-state index >= 15 is 0 Å². The molecule has 4 heteroatoms. The molecule has 2 N–H and O–H groups in total. The first kappa shape index (κ1) is 20.0. The van der Waals surface area contributed by atoms with Gasteiger partial charge in [0.05, 0.1) is 12.7 Å². The van der Waals surface area contributed by atoms with Gasteiger partial charge in [-0.15, -0.1) is 6.58 Å². The number of benzene rings is 3. The molecule has 0 amide bonds. The van der Waals surface area contributed by atoms with Crippen LogP contribution < -0.4 is 16.2 Å². The Bertz CT molecular complexity index is 1460. The summed E-state index contributed by atoms with van der Waals surface area (Å²) < 4.78 is 2.61. The topological polar surface area (TPSA) is 43.3 Å². The molecule has 0 unspecified atom stereocenters. The zero-order chi connectivity index (χ0) is 22.3. The van der Waals surface area contributed by atoms with Crippen LogP contribution in [0.5, 0.6) is 0 Å². The Kier molecular flexibility index (Phi) is 4.80. The lowest BCUT2D eigenvalue weighted by molar-refractivity contribution is -0.735. The monoisotopic (exact) mass is 419 g/mol. The second kappa shape index (κ2) is 7.66. The van der Waals surface area contributed by atoms with Crippen molar-refractivity contribution < 1.29 is 4.48 Å². The van der Waals surface area contributed by atoms with Crippen molar-refractivity contribution in [2.45, 2.75) is 6.54 Å². The number of aliphatic imine (C=N–C) groups is 1. The number of rotatable bonds is 6. The summed E-state index contributed by atoms with van der Waals surface area (Å²) in [5, 5.41) is 7.62. The summed E-state index contributed by atoms with van der Waals surface area (Å²) in [4.78, 5) is 4.74. The van der Waals surface area contributed by atoms with Gasteiger partial charge in [-0.1, -0.05) is 67.3 Å². The van der Waals surface area contributed by atoms with Gasteiger partial charge in [0.2, 0.25) is 0 Å². The highest BCUT2D eigenvalue weighted by atomic mass is 15.3. The third-order valence-electron chi connectivity index (χ3n) is 6.08. The van der Waals surface area contributed by atoms with Gasteiger partial charge in [-0.2, -0.15) is 0 Å².